The smallest absolute Gasteiger partial charge is 0.257 e. The fourth-order valence-corrected chi connectivity index (χ4v) is 4.18. The molecule has 0 fully saturated rings. The molecule has 3 aromatic rings. The maximum atomic E-state index is 12.3. The molecule has 0 saturated heterocycles. The van der Waals surface area contributed by atoms with Crippen molar-refractivity contribution in [3.05, 3.63) is 66.6 Å². The van der Waals surface area contributed by atoms with Gasteiger partial charge in [-0.2, -0.15) is 0 Å². The largest absolute Gasteiger partial charge is 0.505 e. The van der Waals surface area contributed by atoms with Gasteiger partial charge in [0, 0.05) is 19.0 Å². The highest BCUT2D eigenvalue weighted by Crippen LogP contribution is 2.39. The van der Waals surface area contributed by atoms with Crippen LogP contribution in [0.15, 0.2) is 45.3 Å². The summed E-state index contributed by atoms with van der Waals surface area (Å²) in [6, 6.07) is 8.37. The van der Waals surface area contributed by atoms with Crippen LogP contribution in [0.4, 0.5) is 17.1 Å². The zero-order valence-electron chi connectivity index (χ0n) is 17.6. The van der Waals surface area contributed by atoms with Crippen molar-refractivity contribution in [2.75, 3.05) is 24.7 Å². The average molecular weight is 428 g/mol. The summed E-state index contributed by atoms with van der Waals surface area (Å²) in [6.45, 7) is 6.14. The van der Waals surface area contributed by atoms with Gasteiger partial charge < -0.3 is 20.6 Å². The molecule has 0 aliphatic rings. The Hall–Kier alpha value is -3.13. The second-order valence-electron chi connectivity index (χ2n) is 8.39. The van der Waals surface area contributed by atoms with Crippen molar-refractivity contribution in [3.63, 3.8) is 0 Å². The van der Waals surface area contributed by atoms with Crippen molar-refractivity contribution < 1.29 is 9.90 Å². The molecule has 1 atom stereocenters. The lowest BCUT2D eigenvalue weighted by Crippen LogP contribution is -2.39. The van der Waals surface area contributed by atoms with E-state index in [1.165, 1.54) is 11.0 Å². The van der Waals surface area contributed by atoms with E-state index >= 15 is 0 Å². The van der Waals surface area contributed by atoms with Crippen LogP contribution in [0.5, 0.6) is 5.75 Å². The van der Waals surface area contributed by atoms with E-state index in [1.54, 1.807) is 37.6 Å². The maximum absolute atomic E-state index is 12.3. The number of para-hydroxylation sites is 1. The summed E-state index contributed by atoms with van der Waals surface area (Å²) in [5.74, 6) is -0.647. The number of benzene rings is 1. The van der Waals surface area contributed by atoms with Gasteiger partial charge in [0.1, 0.15) is 11.4 Å². The van der Waals surface area contributed by atoms with Crippen molar-refractivity contribution in [3.8, 4) is 5.75 Å². The Labute approximate surface area is 178 Å². The number of carbonyl (C=O) groups is 1. The van der Waals surface area contributed by atoms with Crippen molar-refractivity contribution in [2.24, 2.45) is 5.41 Å². The monoisotopic (exact) mass is 427 g/mol. The first kappa shape index (κ1) is 21.6. The predicted octanol–water partition coefficient (Wildman–Crippen LogP) is 3.69. The van der Waals surface area contributed by atoms with Crippen molar-refractivity contribution in [1.29, 1.82) is 0 Å². The molecule has 30 heavy (non-hydrogen) atoms. The number of aromatic hydroxyl groups is 1. The van der Waals surface area contributed by atoms with E-state index < -0.39 is 10.9 Å². The Morgan fingerprint density at radius 3 is 2.30 bits per heavy atom. The van der Waals surface area contributed by atoms with Crippen LogP contribution in [0.2, 0.25) is 0 Å². The third kappa shape index (κ3) is 3.95. The third-order valence-corrected chi connectivity index (χ3v) is 5.76. The Bertz CT molecular complexity index is 1140. The molecular weight excluding hydrogens is 402 g/mol. The van der Waals surface area contributed by atoms with Crippen LogP contribution in [0, 0.1) is 5.41 Å². The van der Waals surface area contributed by atoms with Gasteiger partial charge in [-0.05, 0) is 29.0 Å². The summed E-state index contributed by atoms with van der Waals surface area (Å²) < 4.78 is 0. The van der Waals surface area contributed by atoms with E-state index in [2.05, 4.69) is 10.6 Å². The van der Waals surface area contributed by atoms with Gasteiger partial charge in [0.2, 0.25) is 0 Å². The zero-order chi connectivity index (χ0) is 22.2. The Morgan fingerprint density at radius 2 is 1.73 bits per heavy atom. The lowest BCUT2D eigenvalue weighted by atomic mass is 9.85. The minimum absolute atomic E-state index is 0.0792. The van der Waals surface area contributed by atoms with Crippen LogP contribution in [0.25, 0.3) is 0 Å². The number of rotatable bonds is 6. The highest BCUT2D eigenvalue weighted by molar-refractivity contribution is 7.10. The minimum Gasteiger partial charge on any atom is -0.505 e. The standard InChI is InChI=1S/C22H25N3O4S/c1-22(2,3)20(14-10-7-11-30-14)24-16-15(18(27)19(16)28)23-13-9-6-8-12(17(13)26)21(29)25(4)5/h6-11,20,23-24,26H,1-5H3. The van der Waals surface area contributed by atoms with Crippen LogP contribution in [-0.2, 0) is 0 Å². The van der Waals surface area contributed by atoms with E-state index in [-0.39, 0.29) is 45.7 Å². The molecule has 0 aliphatic heterocycles. The van der Waals surface area contributed by atoms with Crippen LogP contribution >= 0.6 is 11.3 Å². The average Bonchev–Trinajstić information content (AvgIpc) is 3.20. The lowest BCUT2D eigenvalue weighted by Gasteiger charge is -2.32. The van der Waals surface area contributed by atoms with E-state index in [4.69, 9.17) is 0 Å². The summed E-state index contributed by atoms with van der Waals surface area (Å²) in [7, 11) is 3.16. The number of nitrogens with zero attached hydrogens (tertiary/aromatic N) is 1. The van der Waals surface area contributed by atoms with Gasteiger partial charge in [0.15, 0.2) is 5.75 Å². The highest BCUT2D eigenvalue weighted by atomic mass is 32.1. The molecule has 1 heterocycles. The molecule has 3 N–H and O–H groups in total. The van der Waals surface area contributed by atoms with E-state index in [0.29, 0.717) is 0 Å². The number of hydrogen-bond acceptors (Lipinski definition) is 7. The second-order valence-corrected chi connectivity index (χ2v) is 9.37. The van der Waals surface area contributed by atoms with Gasteiger partial charge in [0.05, 0.1) is 17.3 Å². The number of phenolic OH excluding ortho intramolecular Hbond substituents is 1. The Morgan fingerprint density at radius 1 is 1.07 bits per heavy atom. The normalized spacial score (nSPS) is 12.6. The fraction of sp³-hybridized carbons (Fsp3) is 0.318. The second kappa shape index (κ2) is 7.95. The molecule has 0 saturated carbocycles. The molecule has 7 nitrogen and oxygen atoms in total. The molecule has 8 heteroatoms. The number of amides is 1. The van der Waals surface area contributed by atoms with E-state index in [1.807, 2.05) is 38.3 Å². The Kier molecular flexibility index (Phi) is 5.72. The van der Waals surface area contributed by atoms with Crippen LogP contribution in [0.3, 0.4) is 0 Å². The first-order valence-electron chi connectivity index (χ1n) is 9.46. The van der Waals surface area contributed by atoms with E-state index in [9.17, 15) is 19.5 Å². The number of hydrogen-bond donors (Lipinski definition) is 3. The van der Waals surface area contributed by atoms with E-state index in [0.717, 1.165) is 4.88 Å². The number of thiophene rings is 1. The highest BCUT2D eigenvalue weighted by Gasteiger charge is 2.32. The molecule has 0 spiro atoms. The molecule has 1 aromatic heterocycles. The number of anilines is 3. The first-order chi connectivity index (χ1) is 14.0. The Balaban J connectivity index is 1.95. The summed E-state index contributed by atoms with van der Waals surface area (Å²) in [5, 5.41) is 18.6. The molecular formula is C22H25N3O4S. The number of nitrogens with one attached hydrogen (secondary N) is 2. The number of carbonyl (C=O) groups excluding carboxylic acids is 1. The molecule has 2 aromatic carbocycles. The zero-order valence-corrected chi connectivity index (χ0v) is 18.4. The fourth-order valence-electron chi connectivity index (χ4n) is 3.16. The van der Waals surface area contributed by atoms with Gasteiger partial charge in [-0.1, -0.05) is 32.9 Å². The van der Waals surface area contributed by atoms with Crippen LogP contribution < -0.4 is 21.5 Å². The minimum atomic E-state index is -0.667. The predicted molar refractivity (Wildman–Crippen MR) is 121 cm³/mol. The van der Waals surface area contributed by atoms with Gasteiger partial charge >= 0.3 is 0 Å². The van der Waals surface area contributed by atoms with Crippen LogP contribution in [-0.4, -0.2) is 30.0 Å². The summed E-state index contributed by atoms with van der Waals surface area (Å²) in [4.78, 5) is 39.2. The third-order valence-electron chi connectivity index (χ3n) is 4.83. The van der Waals surface area contributed by atoms with Gasteiger partial charge in [-0.3, -0.25) is 14.4 Å². The SMILES string of the molecule is CN(C)C(=O)c1cccc(Nc2c(NC(c3cccs3)C(C)(C)C)c(=O)c2=O)c1O. The summed E-state index contributed by atoms with van der Waals surface area (Å²) in [6.07, 6.45) is 0. The van der Waals surface area contributed by atoms with Gasteiger partial charge in [-0.25, -0.2) is 0 Å². The van der Waals surface area contributed by atoms with Crippen LogP contribution in [0.1, 0.15) is 42.0 Å². The maximum Gasteiger partial charge on any atom is 0.257 e. The quantitative estimate of drug-likeness (QED) is 0.410. The topological polar surface area (TPSA) is 98.7 Å². The molecule has 0 radical (unpaired) electrons. The molecule has 1 amide bonds. The van der Waals surface area contributed by atoms with Crippen molar-refractivity contribution in [2.45, 2.75) is 26.8 Å². The first-order valence-corrected chi connectivity index (χ1v) is 10.3. The molecule has 0 aliphatic carbocycles. The van der Waals surface area contributed by atoms with Gasteiger partial charge in [-0.15, -0.1) is 11.3 Å². The molecule has 3 rings (SSSR count). The van der Waals surface area contributed by atoms with Crippen molar-refractivity contribution in [1.82, 2.24) is 4.90 Å². The molecule has 158 valence electrons. The van der Waals surface area contributed by atoms with Crippen molar-refractivity contribution >= 4 is 34.3 Å². The summed E-state index contributed by atoms with van der Waals surface area (Å²) in [5.41, 5.74) is -0.955. The molecule has 0 bridgehead atoms. The summed E-state index contributed by atoms with van der Waals surface area (Å²) >= 11 is 1.57. The molecule has 1 unspecified atom stereocenters. The van der Waals surface area contributed by atoms with Gasteiger partial charge in [0.25, 0.3) is 16.8 Å². The lowest BCUT2D eigenvalue weighted by molar-refractivity contribution is 0.0824. The number of phenols is 1.